The van der Waals surface area contributed by atoms with Gasteiger partial charge in [0, 0.05) is 6.04 Å². The van der Waals surface area contributed by atoms with E-state index >= 15 is 0 Å². The molecule has 0 fully saturated rings. The standard InChI is InChI=1S/C16H20F3NO4/c1-15(2,3)24-14(23)12(13(21)22)11(20)8-9-5-4-6-10(7-9)16(17,18)19/h4-7,11-12H,8,20H2,1-3H3,(H,21,22)/t11?,12-/m1/s1. The van der Waals surface area contributed by atoms with E-state index in [0.717, 1.165) is 12.1 Å². The number of nitrogens with two attached hydrogens (primary N) is 1. The van der Waals surface area contributed by atoms with Crippen molar-refractivity contribution >= 4 is 11.9 Å². The molecule has 0 radical (unpaired) electrons. The maximum atomic E-state index is 12.7. The first-order chi connectivity index (χ1) is 10.8. The number of alkyl halides is 3. The van der Waals surface area contributed by atoms with Gasteiger partial charge in [-0.2, -0.15) is 13.2 Å². The van der Waals surface area contributed by atoms with Gasteiger partial charge in [0.1, 0.15) is 5.60 Å². The van der Waals surface area contributed by atoms with Crippen LogP contribution in [0.2, 0.25) is 0 Å². The maximum Gasteiger partial charge on any atom is 0.416 e. The van der Waals surface area contributed by atoms with Gasteiger partial charge in [0.2, 0.25) is 0 Å². The summed E-state index contributed by atoms with van der Waals surface area (Å²) < 4.78 is 43.1. The van der Waals surface area contributed by atoms with Crippen molar-refractivity contribution < 1.29 is 32.6 Å². The molecular formula is C16H20F3NO4. The highest BCUT2D eigenvalue weighted by Gasteiger charge is 2.37. The number of carboxylic acids is 1. The molecule has 0 aliphatic carbocycles. The van der Waals surface area contributed by atoms with Crippen LogP contribution in [-0.4, -0.2) is 28.7 Å². The van der Waals surface area contributed by atoms with Gasteiger partial charge in [-0.1, -0.05) is 18.2 Å². The Morgan fingerprint density at radius 1 is 1.25 bits per heavy atom. The molecule has 3 N–H and O–H groups in total. The normalized spacial score (nSPS) is 14.8. The molecule has 1 aromatic rings. The van der Waals surface area contributed by atoms with Crippen LogP contribution >= 0.6 is 0 Å². The average Bonchev–Trinajstić information content (AvgIpc) is 2.35. The van der Waals surface area contributed by atoms with Gasteiger partial charge in [0.25, 0.3) is 0 Å². The molecule has 2 atom stereocenters. The second-order valence-electron chi connectivity index (χ2n) is 6.42. The molecule has 0 aromatic heterocycles. The molecule has 0 saturated carbocycles. The van der Waals surface area contributed by atoms with Crippen molar-refractivity contribution in [2.24, 2.45) is 11.7 Å². The van der Waals surface area contributed by atoms with E-state index in [-0.39, 0.29) is 12.0 Å². The second-order valence-corrected chi connectivity index (χ2v) is 6.42. The first-order valence-corrected chi connectivity index (χ1v) is 7.18. The lowest BCUT2D eigenvalue weighted by Crippen LogP contribution is -2.45. The Morgan fingerprint density at radius 2 is 1.83 bits per heavy atom. The van der Waals surface area contributed by atoms with Crippen LogP contribution in [0, 0.1) is 5.92 Å². The zero-order chi connectivity index (χ0) is 18.7. The molecule has 8 heteroatoms. The van der Waals surface area contributed by atoms with Crippen molar-refractivity contribution in [2.45, 2.75) is 45.0 Å². The molecule has 1 rings (SSSR count). The van der Waals surface area contributed by atoms with Crippen LogP contribution in [0.3, 0.4) is 0 Å². The summed E-state index contributed by atoms with van der Waals surface area (Å²) >= 11 is 0. The monoisotopic (exact) mass is 347 g/mol. The van der Waals surface area contributed by atoms with Crippen molar-refractivity contribution in [3.8, 4) is 0 Å². The van der Waals surface area contributed by atoms with E-state index in [1.54, 1.807) is 20.8 Å². The highest BCUT2D eigenvalue weighted by molar-refractivity contribution is 5.95. The van der Waals surface area contributed by atoms with Crippen LogP contribution in [0.15, 0.2) is 24.3 Å². The number of carbonyl (C=O) groups is 2. The lowest BCUT2D eigenvalue weighted by atomic mass is 9.93. The molecule has 0 heterocycles. The Kier molecular flexibility index (Phi) is 5.99. The number of ether oxygens (including phenoxy) is 1. The van der Waals surface area contributed by atoms with Crippen LogP contribution in [0.1, 0.15) is 31.9 Å². The third kappa shape index (κ3) is 5.84. The number of esters is 1. The molecule has 1 unspecified atom stereocenters. The van der Waals surface area contributed by atoms with Gasteiger partial charge < -0.3 is 15.6 Å². The summed E-state index contributed by atoms with van der Waals surface area (Å²) in [5, 5.41) is 9.21. The Hall–Kier alpha value is -2.09. The summed E-state index contributed by atoms with van der Waals surface area (Å²) in [6, 6.07) is 3.16. The molecular weight excluding hydrogens is 327 g/mol. The second kappa shape index (κ2) is 7.21. The molecule has 24 heavy (non-hydrogen) atoms. The van der Waals surface area contributed by atoms with Crippen LogP contribution < -0.4 is 5.73 Å². The topological polar surface area (TPSA) is 89.6 Å². The molecule has 0 saturated heterocycles. The minimum absolute atomic E-state index is 0.187. The first kappa shape index (κ1) is 20.0. The van der Waals surface area contributed by atoms with Crippen molar-refractivity contribution in [3.63, 3.8) is 0 Å². The highest BCUT2D eigenvalue weighted by atomic mass is 19.4. The Balaban J connectivity index is 2.96. The molecule has 5 nitrogen and oxygen atoms in total. The van der Waals surface area contributed by atoms with Crippen molar-refractivity contribution in [2.75, 3.05) is 0 Å². The zero-order valence-electron chi connectivity index (χ0n) is 13.6. The first-order valence-electron chi connectivity index (χ1n) is 7.18. The van der Waals surface area contributed by atoms with Gasteiger partial charge in [-0.3, -0.25) is 9.59 Å². The Morgan fingerprint density at radius 3 is 2.29 bits per heavy atom. The number of halogens is 3. The quantitative estimate of drug-likeness (QED) is 0.631. The van der Waals surface area contributed by atoms with E-state index in [1.807, 2.05) is 0 Å². The number of aliphatic carboxylic acids is 1. The SMILES string of the molecule is CC(C)(C)OC(=O)[C@@H](C(=O)O)C(N)Cc1cccc(C(F)(F)F)c1. The Bertz CT molecular complexity index is 608. The highest BCUT2D eigenvalue weighted by Crippen LogP contribution is 2.30. The van der Waals surface area contributed by atoms with Gasteiger partial charge in [-0.15, -0.1) is 0 Å². The lowest BCUT2D eigenvalue weighted by Gasteiger charge is -2.25. The lowest BCUT2D eigenvalue weighted by molar-refractivity contribution is -0.167. The van der Waals surface area contributed by atoms with Crippen molar-refractivity contribution in [1.29, 1.82) is 0 Å². The number of rotatable bonds is 5. The molecule has 1 aromatic carbocycles. The van der Waals surface area contributed by atoms with E-state index in [1.165, 1.54) is 12.1 Å². The van der Waals surface area contributed by atoms with Gasteiger partial charge >= 0.3 is 18.1 Å². The predicted molar refractivity (Wildman–Crippen MR) is 80.1 cm³/mol. The molecule has 0 amide bonds. The molecule has 0 aliphatic rings. The largest absolute Gasteiger partial charge is 0.481 e. The summed E-state index contributed by atoms with van der Waals surface area (Å²) in [5.74, 6) is -4.17. The minimum Gasteiger partial charge on any atom is -0.481 e. The smallest absolute Gasteiger partial charge is 0.416 e. The fraction of sp³-hybridized carbons (Fsp3) is 0.500. The number of carbonyl (C=O) groups excluding carboxylic acids is 1. The van der Waals surface area contributed by atoms with Gasteiger partial charge in [-0.05, 0) is 38.8 Å². The minimum atomic E-state index is -4.52. The fourth-order valence-corrected chi connectivity index (χ4v) is 2.09. The molecule has 0 spiro atoms. The summed E-state index contributed by atoms with van der Waals surface area (Å²) in [5.41, 5.74) is 4.19. The van der Waals surface area contributed by atoms with E-state index in [2.05, 4.69) is 0 Å². The predicted octanol–water partition coefficient (Wildman–Crippen LogP) is 2.62. The third-order valence-corrected chi connectivity index (χ3v) is 3.08. The van der Waals surface area contributed by atoms with Crippen LogP contribution in [-0.2, 0) is 26.9 Å². The number of hydrogen-bond donors (Lipinski definition) is 2. The number of carboxylic acid groups (broad SMARTS) is 1. The summed E-state index contributed by atoms with van der Waals surface area (Å²) in [6.07, 6.45) is -4.72. The van der Waals surface area contributed by atoms with Gasteiger partial charge in [0.15, 0.2) is 5.92 Å². The van der Waals surface area contributed by atoms with Crippen LogP contribution in [0.4, 0.5) is 13.2 Å². The van der Waals surface area contributed by atoms with Crippen molar-refractivity contribution in [3.05, 3.63) is 35.4 Å². The third-order valence-electron chi connectivity index (χ3n) is 3.08. The Labute approximate surface area is 137 Å². The van der Waals surface area contributed by atoms with E-state index < -0.39 is 41.2 Å². The fourth-order valence-electron chi connectivity index (χ4n) is 2.09. The average molecular weight is 347 g/mol. The maximum absolute atomic E-state index is 12.7. The molecule has 0 aliphatic heterocycles. The number of hydrogen-bond acceptors (Lipinski definition) is 4. The molecule has 134 valence electrons. The number of benzene rings is 1. The van der Waals surface area contributed by atoms with E-state index in [9.17, 15) is 27.9 Å². The van der Waals surface area contributed by atoms with Gasteiger partial charge in [-0.25, -0.2) is 0 Å². The van der Waals surface area contributed by atoms with Crippen LogP contribution in [0.25, 0.3) is 0 Å². The van der Waals surface area contributed by atoms with Gasteiger partial charge in [0.05, 0.1) is 5.56 Å². The molecule has 0 bridgehead atoms. The van der Waals surface area contributed by atoms with E-state index in [4.69, 9.17) is 10.5 Å². The summed E-state index contributed by atoms with van der Waals surface area (Å²) in [4.78, 5) is 23.3. The summed E-state index contributed by atoms with van der Waals surface area (Å²) in [7, 11) is 0. The van der Waals surface area contributed by atoms with Crippen LogP contribution in [0.5, 0.6) is 0 Å². The van der Waals surface area contributed by atoms with E-state index in [0.29, 0.717) is 0 Å². The summed E-state index contributed by atoms with van der Waals surface area (Å²) in [6.45, 7) is 4.71. The zero-order valence-corrected chi connectivity index (χ0v) is 13.6. The van der Waals surface area contributed by atoms with Crippen molar-refractivity contribution in [1.82, 2.24) is 0 Å².